The second kappa shape index (κ2) is 9.79. The molecule has 0 bridgehead atoms. The van der Waals surface area contributed by atoms with Gasteiger partial charge in [-0.15, -0.1) is 0 Å². The zero-order valence-electron chi connectivity index (χ0n) is 22.2. The van der Waals surface area contributed by atoms with Gasteiger partial charge in [0.15, 0.2) is 9.84 Å². The van der Waals surface area contributed by atoms with Crippen molar-refractivity contribution in [2.45, 2.75) is 79.3 Å². The summed E-state index contributed by atoms with van der Waals surface area (Å²) in [6.07, 6.45) is 3.17. The lowest BCUT2D eigenvalue weighted by atomic mass is 9.91. The quantitative estimate of drug-likeness (QED) is 0.453. The van der Waals surface area contributed by atoms with Crippen molar-refractivity contribution in [2.75, 3.05) is 44.2 Å². The van der Waals surface area contributed by atoms with Crippen molar-refractivity contribution in [3.63, 3.8) is 0 Å². The van der Waals surface area contributed by atoms with E-state index in [1.165, 1.54) is 12.8 Å². The number of rotatable bonds is 8. The molecule has 4 atom stereocenters. The molecular weight excluding hydrogens is 550 g/mol. The first-order chi connectivity index (χ1) is 18.4. The summed E-state index contributed by atoms with van der Waals surface area (Å²) in [5.74, 6) is -5.01. The zero-order chi connectivity index (χ0) is 27.7. The minimum absolute atomic E-state index is 0.00784. The Bertz CT molecular complexity index is 1230. The number of hydrogen-bond donors (Lipinski definition) is 2. The maximum atomic E-state index is 13.8. The normalized spacial score (nSPS) is 31.2. The highest BCUT2D eigenvalue weighted by Crippen LogP contribution is 2.45. The number of nitrogens with one attached hydrogen (secondary N) is 1. The molecule has 3 aliphatic carbocycles. The Morgan fingerprint density at radius 2 is 1.79 bits per heavy atom. The van der Waals surface area contributed by atoms with Gasteiger partial charge in [-0.3, -0.25) is 15.0 Å². The topological polar surface area (TPSA) is 93.2 Å². The predicted octanol–water partition coefficient (Wildman–Crippen LogP) is 2.73. The summed E-state index contributed by atoms with van der Waals surface area (Å²) in [5, 5.41) is 13.3. The van der Waals surface area contributed by atoms with Gasteiger partial charge in [0, 0.05) is 55.3 Å². The highest BCUT2D eigenvalue weighted by atomic mass is 35.5. The first kappa shape index (κ1) is 27.6. The van der Waals surface area contributed by atoms with Crippen molar-refractivity contribution < 1.29 is 27.1 Å². The van der Waals surface area contributed by atoms with Gasteiger partial charge in [-0.05, 0) is 63.6 Å². The van der Waals surface area contributed by atoms with E-state index in [1.54, 1.807) is 18.2 Å². The van der Waals surface area contributed by atoms with E-state index in [4.69, 9.17) is 11.6 Å². The number of likely N-dealkylation sites (tertiary alicyclic amines) is 1. The van der Waals surface area contributed by atoms with Gasteiger partial charge in [0.25, 0.3) is 5.92 Å². The first-order valence-corrected chi connectivity index (χ1v) is 15.9. The number of carbonyl (C=O) groups excluding carboxylic acids is 1. The van der Waals surface area contributed by atoms with Crippen molar-refractivity contribution >= 4 is 33.0 Å². The molecule has 0 aromatic heterocycles. The van der Waals surface area contributed by atoms with Gasteiger partial charge in [-0.1, -0.05) is 11.6 Å². The Balaban J connectivity index is 1.19. The summed E-state index contributed by atoms with van der Waals surface area (Å²) in [7, 11) is -3.94. The van der Waals surface area contributed by atoms with Crippen molar-refractivity contribution in [3.8, 4) is 0 Å². The van der Waals surface area contributed by atoms with E-state index < -0.39 is 58.1 Å². The molecule has 1 aromatic rings. The number of aliphatic hydroxyl groups is 1. The minimum atomic E-state index is -3.94. The highest BCUT2D eigenvalue weighted by molar-refractivity contribution is 7.92. The van der Waals surface area contributed by atoms with Gasteiger partial charge in [-0.2, -0.15) is 0 Å². The van der Waals surface area contributed by atoms with Gasteiger partial charge in [-0.25, -0.2) is 17.2 Å². The summed E-state index contributed by atoms with van der Waals surface area (Å²) >= 11 is 6.57. The molecule has 5 fully saturated rings. The second-order valence-corrected chi connectivity index (χ2v) is 15.1. The van der Waals surface area contributed by atoms with E-state index in [0.29, 0.717) is 6.04 Å². The lowest BCUT2D eigenvalue weighted by molar-refractivity contribution is -0.172. The molecule has 216 valence electrons. The molecule has 1 amide bonds. The SMILES string of the molecule is CC1(NC(O)C2CC(S(=O)(=O)c3ccc(N4CCN(C5CC5)CC4)cc3Cl)CC2C(=O)N2CC(F)(F)C2)CC1. The Kier molecular flexibility index (Phi) is 6.93. The standard InChI is InChI=1S/C27H37ClF2N4O4S/c1-26(6-7-26)31-24(35)20-13-19(14-21(20)25(36)34-15-27(29,30)16-34)39(37,38)23-5-4-18(12-22(23)28)33-10-8-32(9-11-33)17-2-3-17/h4-5,12,17,19-21,24,31,35H,2-3,6-11,13-16H2,1H3. The van der Waals surface area contributed by atoms with E-state index in [2.05, 4.69) is 15.1 Å². The van der Waals surface area contributed by atoms with Crippen LogP contribution in [0, 0.1) is 11.8 Å². The monoisotopic (exact) mass is 586 g/mol. The van der Waals surface area contributed by atoms with Crippen LogP contribution in [0.25, 0.3) is 0 Å². The van der Waals surface area contributed by atoms with E-state index in [-0.39, 0.29) is 28.3 Å². The van der Waals surface area contributed by atoms with Crippen molar-refractivity contribution in [2.24, 2.45) is 11.8 Å². The number of benzene rings is 1. The van der Waals surface area contributed by atoms with Crippen LogP contribution >= 0.6 is 11.6 Å². The third-order valence-electron chi connectivity index (χ3n) is 9.35. The van der Waals surface area contributed by atoms with E-state index >= 15 is 0 Å². The average molecular weight is 587 g/mol. The van der Waals surface area contributed by atoms with Crippen molar-refractivity contribution in [1.29, 1.82) is 0 Å². The van der Waals surface area contributed by atoms with Crippen molar-refractivity contribution in [3.05, 3.63) is 23.2 Å². The first-order valence-electron chi connectivity index (χ1n) is 14.0. The summed E-state index contributed by atoms with van der Waals surface area (Å²) in [6, 6.07) is 5.74. The third kappa shape index (κ3) is 5.54. The van der Waals surface area contributed by atoms with Crippen molar-refractivity contribution in [1.82, 2.24) is 15.1 Å². The van der Waals surface area contributed by atoms with E-state index in [9.17, 15) is 27.1 Å². The fraction of sp³-hybridized carbons (Fsp3) is 0.741. The number of carbonyl (C=O) groups is 1. The minimum Gasteiger partial charge on any atom is -0.378 e. The molecule has 12 heteroatoms. The van der Waals surface area contributed by atoms with Gasteiger partial charge < -0.3 is 14.9 Å². The van der Waals surface area contributed by atoms with Gasteiger partial charge >= 0.3 is 0 Å². The van der Waals surface area contributed by atoms with Gasteiger partial charge in [0.1, 0.15) is 6.23 Å². The van der Waals surface area contributed by atoms with Crippen LogP contribution < -0.4 is 10.2 Å². The molecule has 3 saturated carbocycles. The summed E-state index contributed by atoms with van der Waals surface area (Å²) in [4.78, 5) is 19.0. The molecule has 2 heterocycles. The summed E-state index contributed by atoms with van der Waals surface area (Å²) in [5.41, 5.74) is 0.625. The molecule has 2 N–H and O–H groups in total. The average Bonchev–Trinajstić information content (AvgIpc) is 3.80. The van der Waals surface area contributed by atoms with Crippen LogP contribution in [0.5, 0.6) is 0 Å². The fourth-order valence-electron chi connectivity index (χ4n) is 6.49. The maximum absolute atomic E-state index is 13.8. The lowest BCUT2D eigenvalue weighted by Gasteiger charge is -2.41. The Morgan fingerprint density at radius 3 is 2.36 bits per heavy atom. The van der Waals surface area contributed by atoms with Crippen LogP contribution in [-0.2, 0) is 14.6 Å². The lowest BCUT2D eigenvalue weighted by Crippen LogP contribution is -2.60. The highest BCUT2D eigenvalue weighted by Gasteiger charge is 2.54. The molecule has 2 saturated heterocycles. The van der Waals surface area contributed by atoms with Crippen LogP contribution in [0.4, 0.5) is 14.5 Å². The number of anilines is 1. The molecule has 0 spiro atoms. The van der Waals surface area contributed by atoms with Crippen LogP contribution in [0.15, 0.2) is 23.1 Å². The molecule has 0 radical (unpaired) electrons. The summed E-state index contributed by atoms with van der Waals surface area (Å²) in [6.45, 7) is 4.27. The number of aliphatic hydroxyl groups excluding tert-OH is 1. The summed E-state index contributed by atoms with van der Waals surface area (Å²) < 4.78 is 54.6. The van der Waals surface area contributed by atoms with E-state index in [1.807, 2.05) is 6.92 Å². The van der Waals surface area contributed by atoms with Crippen LogP contribution in [0.3, 0.4) is 0 Å². The molecular formula is C27H37ClF2N4O4S. The molecule has 5 aliphatic rings. The van der Waals surface area contributed by atoms with E-state index in [0.717, 1.165) is 49.6 Å². The van der Waals surface area contributed by atoms with Gasteiger partial charge in [0.2, 0.25) is 5.91 Å². The molecule has 1 aromatic carbocycles. The fourth-order valence-corrected chi connectivity index (χ4v) is 8.87. The van der Waals surface area contributed by atoms with Crippen LogP contribution in [0.1, 0.15) is 45.4 Å². The number of alkyl halides is 2. The number of halogens is 3. The Morgan fingerprint density at radius 1 is 1.13 bits per heavy atom. The molecule has 6 rings (SSSR count). The number of hydrogen-bond acceptors (Lipinski definition) is 7. The number of amides is 1. The number of sulfone groups is 1. The molecule has 2 aliphatic heterocycles. The molecule has 8 nitrogen and oxygen atoms in total. The third-order valence-corrected chi connectivity index (χ3v) is 12.0. The zero-order valence-corrected chi connectivity index (χ0v) is 23.7. The van der Waals surface area contributed by atoms with Gasteiger partial charge in [0.05, 0.1) is 28.3 Å². The smallest absolute Gasteiger partial charge is 0.282 e. The van der Waals surface area contributed by atoms with Crippen LogP contribution in [-0.4, -0.2) is 97.5 Å². The van der Waals surface area contributed by atoms with Crippen LogP contribution in [0.2, 0.25) is 5.02 Å². The Hall–Kier alpha value is -1.53. The predicted molar refractivity (Wildman–Crippen MR) is 144 cm³/mol. The Labute approximate surface area is 233 Å². The number of piperazine rings is 1. The molecule has 39 heavy (non-hydrogen) atoms. The largest absolute Gasteiger partial charge is 0.378 e. The molecule has 4 unspecified atom stereocenters. The number of nitrogens with zero attached hydrogens (tertiary/aromatic N) is 3. The maximum Gasteiger partial charge on any atom is 0.282 e. The second-order valence-electron chi connectivity index (χ2n) is 12.5.